The van der Waals surface area contributed by atoms with Gasteiger partial charge in [-0.3, -0.25) is 10.2 Å². The molecule has 0 aliphatic heterocycles. The lowest BCUT2D eigenvalue weighted by molar-refractivity contribution is 0.166. The molecule has 1 N–H and O–H groups in total. The van der Waals surface area contributed by atoms with E-state index in [2.05, 4.69) is 10.5 Å². The van der Waals surface area contributed by atoms with E-state index in [0.717, 1.165) is 16.3 Å². The molecule has 114 valence electrons. The van der Waals surface area contributed by atoms with Crippen LogP contribution in [0.2, 0.25) is 0 Å². The number of hydrogen-bond acceptors (Lipinski definition) is 3. The van der Waals surface area contributed by atoms with Crippen molar-refractivity contribution in [3.05, 3.63) is 78.4 Å². The van der Waals surface area contributed by atoms with E-state index in [9.17, 15) is 4.79 Å². The van der Waals surface area contributed by atoms with Gasteiger partial charge in [-0.1, -0.05) is 65.8 Å². The molecular weight excluding hydrogens is 288 g/mol. The van der Waals surface area contributed by atoms with Crippen molar-refractivity contribution in [1.29, 1.82) is 0 Å². The molecule has 0 saturated carbocycles. The summed E-state index contributed by atoms with van der Waals surface area (Å²) in [7, 11) is 0. The highest BCUT2D eigenvalue weighted by Gasteiger charge is 2.06. The van der Waals surface area contributed by atoms with Crippen molar-refractivity contribution in [2.75, 3.05) is 5.32 Å². The van der Waals surface area contributed by atoms with Gasteiger partial charge in [-0.05, 0) is 29.8 Å². The lowest BCUT2D eigenvalue weighted by atomic mass is 10.0. The van der Waals surface area contributed by atoms with Gasteiger partial charge in [0.2, 0.25) is 0 Å². The summed E-state index contributed by atoms with van der Waals surface area (Å²) in [4.78, 5) is 16.7. The standard InChI is InChI=1S/C19H16N2O2/c1-14(17-13-7-9-15-8-5-6-12-18(15)17)21-23-19(22)20-16-10-3-2-4-11-16/h2-13H,1H3,(H,20,22)/b21-14-. The SMILES string of the molecule is C/C(=N/OC(=O)Nc1ccccc1)c1cccc2ccccc12. The lowest BCUT2D eigenvalue weighted by Gasteiger charge is -2.06. The van der Waals surface area contributed by atoms with Gasteiger partial charge in [-0.15, -0.1) is 0 Å². The maximum Gasteiger partial charge on any atom is 0.437 e. The highest BCUT2D eigenvalue weighted by atomic mass is 16.7. The molecule has 0 atom stereocenters. The van der Waals surface area contributed by atoms with Gasteiger partial charge in [0.1, 0.15) is 0 Å². The third-order valence-corrected chi connectivity index (χ3v) is 3.47. The van der Waals surface area contributed by atoms with E-state index in [-0.39, 0.29) is 0 Å². The number of hydrogen-bond donors (Lipinski definition) is 1. The second kappa shape index (κ2) is 6.75. The number of carbonyl (C=O) groups is 1. The van der Waals surface area contributed by atoms with Crippen LogP contribution in [0.3, 0.4) is 0 Å². The molecule has 4 heteroatoms. The summed E-state index contributed by atoms with van der Waals surface area (Å²) in [5.41, 5.74) is 2.25. The zero-order chi connectivity index (χ0) is 16.1. The molecule has 1 amide bonds. The van der Waals surface area contributed by atoms with Crippen LogP contribution in [0.4, 0.5) is 10.5 Å². The van der Waals surface area contributed by atoms with Crippen molar-refractivity contribution in [2.45, 2.75) is 6.92 Å². The van der Waals surface area contributed by atoms with Crippen molar-refractivity contribution < 1.29 is 9.63 Å². The topological polar surface area (TPSA) is 50.7 Å². The fourth-order valence-corrected chi connectivity index (χ4v) is 2.36. The number of oxime groups is 1. The van der Waals surface area contributed by atoms with Crippen LogP contribution in [0.5, 0.6) is 0 Å². The summed E-state index contributed by atoms with van der Waals surface area (Å²) in [6.07, 6.45) is -0.615. The number of carbonyl (C=O) groups excluding carboxylic acids is 1. The van der Waals surface area contributed by atoms with Crippen LogP contribution in [-0.4, -0.2) is 11.8 Å². The molecule has 0 fully saturated rings. The molecule has 0 unspecified atom stereocenters. The molecule has 4 nitrogen and oxygen atoms in total. The second-order valence-electron chi connectivity index (χ2n) is 5.07. The monoisotopic (exact) mass is 304 g/mol. The first-order valence-electron chi connectivity index (χ1n) is 7.30. The van der Waals surface area contributed by atoms with Gasteiger partial charge in [-0.25, -0.2) is 4.79 Å². The first-order valence-corrected chi connectivity index (χ1v) is 7.30. The van der Waals surface area contributed by atoms with Crippen LogP contribution in [0.15, 0.2) is 78.0 Å². The predicted molar refractivity (Wildman–Crippen MR) is 92.7 cm³/mol. The Bertz CT molecular complexity index is 852. The van der Waals surface area contributed by atoms with Gasteiger partial charge in [0, 0.05) is 11.3 Å². The quantitative estimate of drug-likeness (QED) is 0.429. The molecule has 3 aromatic rings. The molecule has 23 heavy (non-hydrogen) atoms. The van der Waals surface area contributed by atoms with Crippen LogP contribution in [-0.2, 0) is 4.84 Å². The van der Waals surface area contributed by atoms with E-state index in [4.69, 9.17) is 4.84 Å². The van der Waals surface area contributed by atoms with Crippen LogP contribution in [0, 0.1) is 0 Å². The number of amides is 1. The molecule has 0 aromatic heterocycles. The van der Waals surface area contributed by atoms with Gasteiger partial charge in [-0.2, -0.15) is 0 Å². The van der Waals surface area contributed by atoms with Gasteiger partial charge in [0.15, 0.2) is 0 Å². The minimum Gasteiger partial charge on any atom is -0.298 e. The Hall–Kier alpha value is -3.14. The fourth-order valence-electron chi connectivity index (χ4n) is 2.36. The van der Waals surface area contributed by atoms with Gasteiger partial charge >= 0.3 is 6.09 Å². The summed E-state index contributed by atoms with van der Waals surface area (Å²) in [6, 6.07) is 23.1. The third-order valence-electron chi connectivity index (χ3n) is 3.47. The van der Waals surface area contributed by atoms with Crippen LogP contribution in [0.25, 0.3) is 10.8 Å². The number of fused-ring (bicyclic) bond motifs is 1. The molecule has 3 rings (SSSR count). The average Bonchev–Trinajstić information content (AvgIpc) is 2.60. The molecule has 0 aliphatic carbocycles. The maximum absolute atomic E-state index is 11.8. The largest absolute Gasteiger partial charge is 0.437 e. The van der Waals surface area contributed by atoms with Gasteiger partial charge in [0.25, 0.3) is 0 Å². The molecule has 3 aromatic carbocycles. The first-order chi connectivity index (χ1) is 11.2. The summed E-state index contributed by atoms with van der Waals surface area (Å²) in [5, 5.41) is 8.75. The van der Waals surface area contributed by atoms with E-state index in [1.165, 1.54) is 0 Å². The van der Waals surface area contributed by atoms with Crippen LogP contribution >= 0.6 is 0 Å². The van der Waals surface area contributed by atoms with E-state index in [1.54, 1.807) is 12.1 Å². The molecule has 0 bridgehead atoms. The van der Waals surface area contributed by atoms with E-state index >= 15 is 0 Å². The Kier molecular flexibility index (Phi) is 4.34. The minimum absolute atomic E-state index is 0.615. The van der Waals surface area contributed by atoms with Crippen molar-refractivity contribution in [1.82, 2.24) is 0 Å². The van der Waals surface area contributed by atoms with E-state index < -0.39 is 6.09 Å². The lowest BCUT2D eigenvalue weighted by Crippen LogP contribution is -2.11. The first kappa shape index (κ1) is 14.8. The fraction of sp³-hybridized carbons (Fsp3) is 0.0526. The Balaban J connectivity index is 1.75. The van der Waals surface area contributed by atoms with Gasteiger partial charge < -0.3 is 0 Å². The van der Waals surface area contributed by atoms with Crippen LogP contribution in [0.1, 0.15) is 12.5 Å². The van der Waals surface area contributed by atoms with Crippen LogP contribution < -0.4 is 5.32 Å². The minimum atomic E-state index is -0.615. The molecule has 0 saturated heterocycles. The summed E-state index contributed by atoms with van der Waals surface area (Å²) in [6.45, 7) is 1.82. The summed E-state index contributed by atoms with van der Waals surface area (Å²) in [5.74, 6) is 0. The third kappa shape index (κ3) is 3.55. The number of para-hydroxylation sites is 1. The summed E-state index contributed by atoms with van der Waals surface area (Å²) >= 11 is 0. The number of rotatable bonds is 3. The highest BCUT2D eigenvalue weighted by molar-refractivity contribution is 6.09. The molecule has 0 spiro atoms. The van der Waals surface area contributed by atoms with Crippen molar-refractivity contribution >= 4 is 28.3 Å². The maximum atomic E-state index is 11.8. The van der Waals surface area contributed by atoms with Crippen molar-refractivity contribution in [2.24, 2.45) is 5.16 Å². The molecular formula is C19H16N2O2. The Morgan fingerprint density at radius 1 is 0.913 bits per heavy atom. The Morgan fingerprint density at radius 2 is 1.61 bits per heavy atom. The zero-order valence-electron chi connectivity index (χ0n) is 12.7. The number of anilines is 1. The molecule has 0 aliphatic rings. The number of benzene rings is 3. The highest BCUT2D eigenvalue weighted by Crippen LogP contribution is 2.19. The predicted octanol–water partition coefficient (Wildman–Crippen LogP) is 4.81. The molecule has 0 radical (unpaired) electrons. The van der Waals surface area contributed by atoms with Gasteiger partial charge in [0.05, 0.1) is 5.71 Å². The Labute approximate surface area is 134 Å². The average molecular weight is 304 g/mol. The zero-order valence-corrected chi connectivity index (χ0v) is 12.7. The van der Waals surface area contributed by atoms with Crippen molar-refractivity contribution in [3.63, 3.8) is 0 Å². The number of nitrogens with one attached hydrogen (secondary N) is 1. The smallest absolute Gasteiger partial charge is 0.298 e. The molecule has 0 heterocycles. The normalized spacial score (nSPS) is 11.3. The van der Waals surface area contributed by atoms with Crippen molar-refractivity contribution in [3.8, 4) is 0 Å². The van der Waals surface area contributed by atoms with E-state index in [0.29, 0.717) is 11.4 Å². The second-order valence-corrected chi connectivity index (χ2v) is 5.07. The van der Waals surface area contributed by atoms with E-state index in [1.807, 2.05) is 67.6 Å². The number of nitrogens with zero attached hydrogens (tertiary/aromatic N) is 1. The Morgan fingerprint density at radius 3 is 2.43 bits per heavy atom. The summed E-state index contributed by atoms with van der Waals surface area (Å²) < 4.78 is 0.